The number of piperazine rings is 1. The van der Waals surface area contributed by atoms with Gasteiger partial charge in [-0.25, -0.2) is 9.78 Å². The van der Waals surface area contributed by atoms with Crippen molar-refractivity contribution >= 4 is 35.5 Å². The van der Waals surface area contributed by atoms with Gasteiger partial charge in [-0.1, -0.05) is 49.0 Å². The molecule has 2 aliphatic heterocycles. The highest BCUT2D eigenvalue weighted by Crippen LogP contribution is 2.34. The van der Waals surface area contributed by atoms with E-state index in [-0.39, 0.29) is 23.3 Å². The van der Waals surface area contributed by atoms with Crippen molar-refractivity contribution in [1.82, 2.24) is 19.4 Å². The Labute approximate surface area is 201 Å². The molecule has 10 heteroatoms. The van der Waals surface area contributed by atoms with Gasteiger partial charge in [0.15, 0.2) is 5.16 Å². The Balaban J connectivity index is 1.46. The van der Waals surface area contributed by atoms with Crippen LogP contribution in [0.4, 0.5) is 4.79 Å². The van der Waals surface area contributed by atoms with E-state index in [1.54, 1.807) is 33.1 Å². The SMILES string of the molecule is CCOC(=O)N1CCN(C(=O)CSc2nc3c(c(=O)n2Cc2ccccc2)S[C@H](C)C3)CC1. The van der Waals surface area contributed by atoms with Crippen molar-refractivity contribution in [3.05, 3.63) is 51.9 Å². The third-order valence-corrected chi connectivity index (χ3v) is 7.81. The molecule has 2 aromatic rings. The Morgan fingerprint density at radius 3 is 2.55 bits per heavy atom. The summed E-state index contributed by atoms with van der Waals surface area (Å²) in [6, 6.07) is 9.81. The first-order valence-corrected chi connectivity index (χ1v) is 13.0. The molecule has 0 unspecified atom stereocenters. The van der Waals surface area contributed by atoms with Crippen molar-refractivity contribution in [1.29, 1.82) is 0 Å². The second-order valence-electron chi connectivity index (χ2n) is 8.04. The zero-order valence-corrected chi connectivity index (χ0v) is 20.5. The molecule has 176 valence electrons. The minimum absolute atomic E-state index is 0.0211. The van der Waals surface area contributed by atoms with Crippen LogP contribution in [0.3, 0.4) is 0 Å². The van der Waals surface area contributed by atoms with Crippen LogP contribution in [-0.4, -0.2) is 75.1 Å². The maximum Gasteiger partial charge on any atom is 0.409 e. The van der Waals surface area contributed by atoms with Gasteiger partial charge >= 0.3 is 6.09 Å². The number of nitrogens with zero attached hydrogens (tertiary/aromatic N) is 4. The summed E-state index contributed by atoms with van der Waals surface area (Å²) in [6.45, 7) is 6.49. The van der Waals surface area contributed by atoms with Crippen LogP contribution in [0, 0.1) is 0 Å². The van der Waals surface area contributed by atoms with Gasteiger partial charge in [0.2, 0.25) is 5.91 Å². The van der Waals surface area contributed by atoms with E-state index in [1.165, 1.54) is 11.8 Å². The van der Waals surface area contributed by atoms with Gasteiger partial charge in [0.05, 0.1) is 29.5 Å². The van der Waals surface area contributed by atoms with Crippen molar-refractivity contribution in [3.63, 3.8) is 0 Å². The molecule has 1 saturated heterocycles. The van der Waals surface area contributed by atoms with Crippen LogP contribution in [0.1, 0.15) is 25.1 Å². The fraction of sp³-hybridized carbons (Fsp3) is 0.478. The van der Waals surface area contributed by atoms with E-state index >= 15 is 0 Å². The van der Waals surface area contributed by atoms with Crippen LogP contribution < -0.4 is 5.56 Å². The molecule has 1 atom stereocenters. The van der Waals surface area contributed by atoms with Crippen LogP contribution in [-0.2, 0) is 22.5 Å². The van der Waals surface area contributed by atoms with E-state index in [0.717, 1.165) is 22.6 Å². The lowest BCUT2D eigenvalue weighted by Gasteiger charge is -2.34. The largest absolute Gasteiger partial charge is 0.450 e. The highest BCUT2D eigenvalue weighted by atomic mass is 32.2. The lowest BCUT2D eigenvalue weighted by Crippen LogP contribution is -2.51. The van der Waals surface area contributed by atoms with Crippen molar-refractivity contribution in [2.45, 2.75) is 42.1 Å². The van der Waals surface area contributed by atoms with Gasteiger partial charge in [-0.05, 0) is 12.5 Å². The average molecular weight is 489 g/mol. The number of carbonyl (C=O) groups is 2. The zero-order chi connectivity index (χ0) is 23.4. The van der Waals surface area contributed by atoms with Crippen LogP contribution >= 0.6 is 23.5 Å². The Bertz CT molecular complexity index is 1070. The molecular weight excluding hydrogens is 460 g/mol. The van der Waals surface area contributed by atoms with E-state index in [0.29, 0.717) is 49.7 Å². The molecule has 1 aromatic heterocycles. The van der Waals surface area contributed by atoms with Crippen molar-refractivity contribution < 1.29 is 14.3 Å². The number of aromatic nitrogens is 2. The molecule has 0 saturated carbocycles. The summed E-state index contributed by atoms with van der Waals surface area (Å²) in [4.78, 5) is 46.9. The number of rotatable bonds is 6. The summed E-state index contributed by atoms with van der Waals surface area (Å²) < 4.78 is 6.73. The Kier molecular flexibility index (Phi) is 7.64. The summed E-state index contributed by atoms with van der Waals surface area (Å²) in [5.74, 6) is 0.175. The fourth-order valence-corrected chi connectivity index (χ4v) is 5.95. The molecule has 1 aromatic carbocycles. The number of hydrogen-bond donors (Lipinski definition) is 0. The molecule has 0 radical (unpaired) electrons. The van der Waals surface area contributed by atoms with E-state index in [2.05, 4.69) is 6.92 Å². The Hall–Kier alpha value is -2.46. The fourth-order valence-electron chi connectivity index (χ4n) is 3.92. The van der Waals surface area contributed by atoms with Gasteiger partial charge in [0.25, 0.3) is 5.56 Å². The van der Waals surface area contributed by atoms with Crippen LogP contribution in [0.25, 0.3) is 0 Å². The predicted octanol–water partition coefficient (Wildman–Crippen LogP) is 2.72. The van der Waals surface area contributed by atoms with Crippen molar-refractivity contribution in [3.8, 4) is 0 Å². The van der Waals surface area contributed by atoms with Gasteiger partial charge in [0.1, 0.15) is 0 Å². The third-order valence-electron chi connectivity index (χ3n) is 5.63. The summed E-state index contributed by atoms with van der Waals surface area (Å²) in [6.07, 6.45) is 0.428. The average Bonchev–Trinajstić information content (AvgIpc) is 3.21. The maximum absolute atomic E-state index is 13.3. The second kappa shape index (κ2) is 10.6. The van der Waals surface area contributed by atoms with Crippen molar-refractivity contribution in [2.75, 3.05) is 38.5 Å². The van der Waals surface area contributed by atoms with E-state index < -0.39 is 0 Å². The molecule has 2 amide bonds. The summed E-state index contributed by atoms with van der Waals surface area (Å²) >= 11 is 2.89. The van der Waals surface area contributed by atoms with Gasteiger partial charge in [-0.15, -0.1) is 11.8 Å². The number of amides is 2. The molecular formula is C23H28N4O4S2. The molecule has 0 N–H and O–H groups in total. The van der Waals surface area contributed by atoms with Crippen LogP contribution in [0.5, 0.6) is 0 Å². The molecule has 3 heterocycles. The first kappa shape index (κ1) is 23.7. The number of benzene rings is 1. The highest BCUT2D eigenvalue weighted by molar-refractivity contribution is 8.00. The van der Waals surface area contributed by atoms with E-state index in [1.807, 2.05) is 30.3 Å². The lowest BCUT2D eigenvalue weighted by atomic mass is 10.2. The zero-order valence-electron chi connectivity index (χ0n) is 18.9. The lowest BCUT2D eigenvalue weighted by molar-refractivity contribution is -0.129. The summed E-state index contributed by atoms with van der Waals surface area (Å²) in [7, 11) is 0. The number of fused-ring (bicyclic) bond motifs is 1. The monoisotopic (exact) mass is 488 g/mol. The van der Waals surface area contributed by atoms with Gasteiger partial charge in [-0.3, -0.25) is 14.2 Å². The summed E-state index contributed by atoms with van der Waals surface area (Å²) in [5, 5.41) is 0.902. The van der Waals surface area contributed by atoms with Gasteiger partial charge in [-0.2, -0.15) is 0 Å². The topological polar surface area (TPSA) is 84.7 Å². The first-order valence-electron chi connectivity index (χ1n) is 11.1. The predicted molar refractivity (Wildman–Crippen MR) is 129 cm³/mol. The van der Waals surface area contributed by atoms with E-state index in [9.17, 15) is 14.4 Å². The van der Waals surface area contributed by atoms with E-state index in [4.69, 9.17) is 9.72 Å². The van der Waals surface area contributed by atoms with Crippen LogP contribution in [0.2, 0.25) is 0 Å². The third kappa shape index (κ3) is 5.55. The molecule has 4 rings (SSSR count). The number of carbonyl (C=O) groups excluding carboxylic acids is 2. The second-order valence-corrected chi connectivity index (χ2v) is 10.4. The molecule has 2 aliphatic rings. The minimum Gasteiger partial charge on any atom is -0.450 e. The standard InChI is InChI=1S/C23H28N4O4S2/c1-3-31-23(30)26-11-9-25(10-12-26)19(28)15-32-22-24-18-13-16(2)33-20(18)21(29)27(22)14-17-7-5-4-6-8-17/h4-8,16H,3,9-15H2,1-2H3/t16-/m1/s1. The molecule has 33 heavy (non-hydrogen) atoms. The molecule has 8 nitrogen and oxygen atoms in total. The number of ether oxygens (including phenoxy) is 1. The van der Waals surface area contributed by atoms with Crippen LogP contribution in [0.15, 0.2) is 45.2 Å². The Morgan fingerprint density at radius 2 is 1.85 bits per heavy atom. The molecule has 1 fully saturated rings. The smallest absolute Gasteiger partial charge is 0.409 e. The number of thioether (sulfide) groups is 2. The van der Waals surface area contributed by atoms with Gasteiger partial charge < -0.3 is 14.5 Å². The minimum atomic E-state index is -0.335. The highest BCUT2D eigenvalue weighted by Gasteiger charge is 2.28. The van der Waals surface area contributed by atoms with Gasteiger partial charge in [0, 0.05) is 37.8 Å². The number of hydrogen-bond acceptors (Lipinski definition) is 7. The molecule has 0 aliphatic carbocycles. The molecule has 0 spiro atoms. The first-order chi connectivity index (χ1) is 16.0. The normalized spacial score (nSPS) is 17.7. The van der Waals surface area contributed by atoms with Crippen molar-refractivity contribution in [2.24, 2.45) is 0 Å². The quantitative estimate of drug-likeness (QED) is 0.457. The summed E-state index contributed by atoms with van der Waals surface area (Å²) in [5.41, 5.74) is 1.82. The maximum atomic E-state index is 13.3. The Morgan fingerprint density at radius 1 is 1.15 bits per heavy atom. The molecule has 0 bridgehead atoms.